The van der Waals surface area contributed by atoms with Crippen LogP contribution in [0.15, 0.2) is 146 Å². The molecule has 0 spiro atoms. The fraction of sp³-hybridized carbons (Fsp3) is 0.323. The molecule has 0 atom stereocenters. The van der Waals surface area contributed by atoms with Gasteiger partial charge in [0.1, 0.15) is 0 Å². The first-order valence-electron chi connectivity index (χ1n) is 25.2. The van der Waals surface area contributed by atoms with Crippen molar-refractivity contribution in [3.8, 4) is 44.5 Å². The van der Waals surface area contributed by atoms with Crippen LogP contribution in [0.25, 0.3) is 66.1 Å². The van der Waals surface area contributed by atoms with Gasteiger partial charge in [0.15, 0.2) is 0 Å². The standard InChI is InChI=1S/2C30H37Si2.C2H6Si.2ClH.Zr/c2*1-21(2)28-15-14-23-16-24(22-12-10-9-11-13-22)19-29(23)30(28)25-17-26(31(3,4)5)20-27(18-25)32(6,7)8;1-3-2;;;/h2*9-21H,1-8H3;1-2H3;2*1H;/q2*-1;;;;+4/p-2. The van der Waals surface area contributed by atoms with Crippen LogP contribution < -0.4 is 20.7 Å². The van der Waals surface area contributed by atoms with Crippen LogP contribution in [0.4, 0.5) is 0 Å². The molecule has 0 aliphatic heterocycles. The van der Waals surface area contributed by atoms with E-state index in [9.17, 15) is 0 Å². The van der Waals surface area contributed by atoms with E-state index in [0.29, 0.717) is 11.8 Å². The van der Waals surface area contributed by atoms with Gasteiger partial charge in [-0.1, -0.05) is 272 Å². The molecule has 8 heteroatoms. The summed E-state index contributed by atoms with van der Waals surface area (Å²) in [5.74, 6) is 0.964. The molecule has 0 bridgehead atoms. The van der Waals surface area contributed by atoms with Gasteiger partial charge in [0, 0.05) is 9.52 Å². The maximum absolute atomic E-state index is 4.93. The monoisotopic (exact) mass is 1120 g/mol. The molecule has 0 aromatic heterocycles. The van der Waals surface area contributed by atoms with E-state index < -0.39 is 53.1 Å². The third-order valence-electron chi connectivity index (χ3n) is 13.2. The van der Waals surface area contributed by atoms with Crippen LogP contribution in [-0.2, 0) is 20.8 Å². The summed E-state index contributed by atoms with van der Waals surface area (Å²) in [5, 5.41) is 11.8. The molecule has 2 radical (unpaired) electrons. The molecule has 0 aliphatic rings. The Bertz CT molecular complexity index is 2690. The Balaban J connectivity index is 0.000000235. The van der Waals surface area contributed by atoms with E-state index in [1.54, 1.807) is 20.7 Å². The zero-order valence-corrected chi connectivity index (χ0v) is 54.7. The molecule has 0 saturated heterocycles. The van der Waals surface area contributed by atoms with Crippen LogP contribution >= 0.6 is 17.0 Å². The molecule has 0 aliphatic carbocycles. The first-order chi connectivity index (χ1) is 32.7. The predicted molar refractivity (Wildman–Crippen MR) is 330 cm³/mol. The number of rotatable bonds is 10. The Hall–Kier alpha value is -2.91. The summed E-state index contributed by atoms with van der Waals surface area (Å²) in [5.41, 5.74) is 13.8. The van der Waals surface area contributed by atoms with E-state index in [1.165, 1.54) is 77.2 Å². The minimum atomic E-state index is -1.45. The number of hydrogen-bond acceptors (Lipinski definition) is 0. The predicted octanol–water partition coefficient (Wildman–Crippen LogP) is 18.4. The van der Waals surface area contributed by atoms with Gasteiger partial charge in [-0.05, 0) is 34.1 Å². The molecule has 0 unspecified atom stereocenters. The van der Waals surface area contributed by atoms with Crippen LogP contribution in [0.5, 0.6) is 0 Å². The molecule has 0 heterocycles. The summed E-state index contributed by atoms with van der Waals surface area (Å²) in [4.78, 5) is 0. The summed E-state index contributed by atoms with van der Waals surface area (Å²) in [7, 11) is 5.17. The normalized spacial score (nSPS) is 12.0. The van der Waals surface area contributed by atoms with Gasteiger partial charge in [0.25, 0.3) is 0 Å². The summed E-state index contributed by atoms with van der Waals surface area (Å²) in [6.45, 7) is 43.3. The fourth-order valence-corrected chi connectivity index (χ4v) is 14.1. The first-order valence-corrected chi connectivity index (χ1v) is 47.5. The maximum atomic E-state index is 4.93. The van der Waals surface area contributed by atoms with Crippen molar-refractivity contribution in [2.24, 2.45) is 0 Å². The Labute approximate surface area is 450 Å². The Morgan fingerprint density at radius 1 is 0.400 bits per heavy atom. The average molecular weight is 1130 g/mol. The summed E-state index contributed by atoms with van der Waals surface area (Å²) >= 11 is -0.826. The average Bonchev–Trinajstić information content (AvgIpc) is 3.94. The van der Waals surface area contributed by atoms with Gasteiger partial charge in [-0.15, -0.1) is 69.1 Å². The summed E-state index contributed by atoms with van der Waals surface area (Å²) in [6.07, 6.45) is 0. The van der Waals surface area contributed by atoms with Crippen molar-refractivity contribution >= 4 is 101 Å². The second kappa shape index (κ2) is 24.4. The molecule has 366 valence electrons. The number of halogens is 2. The first kappa shape index (κ1) is 58.0. The second-order valence-electron chi connectivity index (χ2n) is 23.8. The van der Waals surface area contributed by atoms with Crippen molar-refractivity contribution in [3.05, 3.63) is 157 Å². The van der Waals surface area contributed by atoms with E-state index in [4.69, 9.17) is 17.0 Å². The zero-order chi connectivity index (χ0) is 51.9. The number of benzene rings is 6. The van der Waals surface area contributed by atoms with E-state index in [0.717, 1.165) is 9.52 Å². The molecule has 0 nitrogen and oxygen atoms in total. The molecule has 0 amide bonds. The van der Waals surface area contributed by atoms with Crippen LogP contribution in [-0.4, -0.2) is 41.8 Å². The third-order valence-corrected chi connectivity index (χ3v) is 21.3. The molecule has 8 aromatic rings. The second-order valence-corrected chi connectivity index (χ2v) is 48.8. The summed E-state index contributed by atoms with van der Waals surface area (Å²) in [6, 6.07) is 55.7. The summed E-state index contributed by atoms with van der Waals surface area (Å²) < 4.78 is 0. The third kappa shape index (κ3) is 14.6. The van der Waals surface area contributed by atoms with E-state index in [2.05, 4.69) is 265 Å². The van der Waals surface area contributed by atoms with Gasteiger partial charge in [0.2, 0.25) is 0 Å². The topological polar surface area (TPSA) is 0 Å². The van der Waals surface area contributed by atoms with Gasteiger partial charge < -0.3 is 0 Å². The van der Waals surface area contributed by atoms with Crippen LogP contribution in [0.2, 0.25) is 91.7 Å². The molecule has 0 fully saturated rings. The molecule has 8 rings (SSSR count). The van der Waals surface area contributed by atoms with Gasteiger partial charge in [-0.3, -0.25) is 0 Å². The SMILES string of the molecule is CC(C)c1ccc2[cH-]c(-c3ccccc3)cc2c1-c1cc([Si](C)(C)C)cc([Si](C)(C)C)c1.CC(C)c1ccc2[cH-]c(-c3ccccc3)cc2c1-c1cc([Si](C)(C)C)cc([Si](C)(C)C)c1.C[Si]C.[Cl][Zr+2][Cl]. The van der Waals surface area contributed by atoms with Gasteiger partial charge in [0.05, 0.1) is 32.3 Å². The Morgan fingerprint density at radius 3 is 0.914 bits per heavy atom. The van der Waals surface area contributed by atoms with Crippen LogP contribution in [0.1, 0.15) is 50.7 Å². The molecule has 70 heavy (non-hydrogen) atoms. The molecule has 0 saturated carbocycles. The van der Waals surface area contributed by atoms with Crippen molar-refractivity contribution in [1.29, 1.82) is 0 Å². The van der Waals surface area contributed by atoms with E-state index in [-0.39, 0.29) is 0 Å². The van der Waals surface area contributed by atoms with Crippen molar-refractivity contribution in [1.82, 2.24) is 0 Å². The number of hydrogen-bond donors (Lipinski definition) is 0. The van der Waals surface area contributed by atoms with Crippen LogP contribution in [0.3, 0.4) is 0 Å². The number of fused-ring (bicyclic) bond motifs is 2. The quantitative estimate of drug-likeness (QED) is 0.0946. The van der Waals surface area contributed by atoms with Crippen molar-refractivity contribution < 1.29 is 20.8 Å². The Morgan fingerprint density at radius 2 is 0.671 bits per heavy atom. The Kier molecular flexibility index (Phi) is 20.2. The minimum absolute atomic E-state index is 0.482. The van der Waals surface area contributed by atoms with Gasteiger partial charge >= 0.3 is 37.9 Å². The molecule has 0 N–H and O–H groups in total. The van der Waals surface area contributed by atoms with Gasteiger partial charge in [-0.25, -0.2) is 0 Å². The molecular weight excluding hydrogens is 1050 g/mol. The van der Waals surface area contributed by atoms with Crippen molar-refractivity contribution in [3.63, 3.8) is 0 Å². The van der Waals surface area contributed by atoms with Crippen molar-refractivity contribution in [2.45, 2.75) is 131 Å². The zero-order valence-electron chi connectivity index (χ0n) is 45.8. The van der Waals surface area contributed by atoms with E-state index >= 15 is 0 Å². The fourth-order valence-electron chi connectivity index (χ4n) is 9.07. The van der Waals surface area contributed by atoms with Gasteiger partial charge in [-0.2, -0.15) is 0 Å². The molecular formula is C62H80Cl2Si5Zr. The van der Waals surface area contributed by atoms with Crippen LogP contribution in [0, 0.1) is 0 Å². The van der Waals surface area contributed by atoms with E-state index in [1.807, 2.05) is 0 Å². The molecule has 8 aromatic carbocycles. The van der Waals surface area contributed by atoms with Crippen molar-refractivity contribution in [2.75, 3.05) is 0 Å².